The molecule has 0 fully saturated rings. The van der Waals surface area contributed by atoms with E-state index in [-0.39, 0.29) is 5.69 Å². The van der Waals surface area contributed by atoms with E-state index in [2.05, 4.69) is 4.98 Å². The van der Waals surface area contributed by atoms with Crippen molar-refractivity contribution in [3.63, 3.8) is 0 Å². The number of fused-ring (bicyclic) bond motifs is 1. The number of hydrogen-bond donors (Lipinski definition) is 0. The first-order valence-corrected chi connectivity index (χ1v) is 10.4. The molecule has 0 aliphatic rings. The molecule has 3 aromatic carbocycles. The number of nitrogens with zero attached hydrogens (tertiary/aromatic N) is 1. The number of hydrogen-bond acceptors (Lipinski definition) is 2. The van der Waals surface area contributed by atoms with Gasteiger partial charge in [0.15, 0.2) is 0 Å². The molecule has 1 nitrogen and oxygen atoms in total. The normalized spacial score (nSPS) is 11.7. The van der Waals surface area contributed by atoms with Gasteiger partial charge in [0.1, 0.15) is 0 Å². The number of aromatic nitrogens is 1. The molecule has 0 bridgehead atoms. The maximum Gasteiger partial charge on any atom is 0.394 e. The van der Waals surface area contributed by atoms with Crippen LogP contribution in [0.2, 0.25) is 0 Å². The fourth-order valence-corrected chi connectivity index (χ4v) is 3.95. The Morgan fingerprint density at radius 3 is 2.00 bits per heavy atom. The molecule has 0 N–H and O–H groups in total. The van der Waals surface area contributed by atoms with Gasteiger partial charge in [-0.15, -0.1) is 11.8 Å². The highest BCUT2D eigenvalue weighted by molar-refractivity contribution is 7.98. The van der Waals surface area contributed by atoms with Gasteiger partial charge >= 0.3 is 6.18 Å². The Balaban J connectivity index is 2.12. The fraction of sp³-hybridized carbons (Fsp3) is 0.125. The van der Waals surface area contributed by atoms with E-state index in [0.29, 0.717) is 11.1 Å². The van der Waals surface area contributed by atoms with Crippen molar-refractivity contribution in [2.75, 3.05) is 6.26 Å². The van der Waals surface area contributed by atoms with Crippen molar-refractivity contribution in [3.05, 3.63) is 84.6 Å². The summed E-state index contributed by atoms with van der Waals surface area (Å²) in [5, 5.41) is 1.33. The maximum atomic E-state index is 13.3. The van der Waals surface area contributed by atoms with E-state index in [1.807, 2.05) is 79.1 Å². The van der Waals surface area contributed by atoms with Crippen molar-refractivity contribution in [1.29, 1.82) is 0 Å². The van der Waals surface area contributed by atoms with Crippen LogP contribution in [0.15, 0.2) is 83.8 Å². The quantitative estimate of drug-likeness (QED) is 0.326. The molecule has 146 valence electrons. The van der Waals surface area contributed by atoms with Gasteiger partial charge in [0, 0.05) is 21.4 Å². The molecule has 0 atom stereocenters. The lowest BCUT2D eigenvalue weighted by Gasteiger charge is -2.18. The molecule has 0 radical (unpaired) electrons. The summed E-state index contributed by atoms with van der Waals surface area (Å²) in [4.78, 5) is 5.56. The number of alkyl halides is 3. The molecule has 0 saturated carbocycles. The van der Waals surface area contributed by atoms with Crippen LogP contribution >= 0.6 is 11.8 Å². The topological polar surface area (TPSA) is 12.9 Å². The summed E-state index contributed by atoms with van der Waals surface area (Å²) in [6, 6.07) is 24.7. The third-order valence-electron chi connectivity index (χ3n) is 4.77. The van der Waals surface area contributed by atoms with Crippen LogP contribution in [-0.4, -0.2) is 17.4 Å². The van der Waals surface area contributed by atoms with Gasteiger partial charge in [-0.1, -0.05) is 66.7 Å². The summed E-state index contributed by atoms with van der Waals surface area (Å²) < 4.78 is 40.0. The Bertz CT molecular complexity index is 1140. The first kappa shape index (κ1) is 19.5. The van der Waals surface area contributed by atoms with Crippen LogP contribution in [0.3, 0.4) is 0 Å². The van der Waals surface area contributed by atoms with E-state index in [0.717, 1.165) is 27.0 Å². The maximum absolute atomic E-state index is 13.3. The van der Waals surface area contributed by atoms with E-state index in [1.54, 1.807) is 17.8 Å². The smallest absolute Gasteiger partial charge is 0.251 e. The number of halogens is 3. The van der Waals surface area contributed by atoms with E-state index < -0.39 is 12.6 Å². The van der Waals surface area contributed by atoms with E-state index >= 15 is 0 Å². The first-order valence-electron chi connectivity index (χ1n) is 9.14. The van der Waals surface area contributed by atoms with Crippen molar-refractivity contribution in [3.8, 4) is 22.4 Å². The highest BCUT2D eigenvalue weighted by Crippen LogP contribution is 2.40. The molecule has 0 spiro atoms. The van der Waals surface area contributed by atoms with Crippen LogP contribution in [0.25, 0.3) is 33.2 Å². The van der Waals surface area contributed by atoms with Crippen molar-refractivity contribution >= 4 is 22.5 Å². The second-order valence-corrected chi connectivity index (χ2v) is 7.60. The van der Waals surface area contributed by atoms with Gasteiger partial charge in [0.2, 0.25) is 0 Å². The van der Waals surface area contributed by atoms with Crippen molar-refractivity contribution in [1.82, 2.24) is 4.98 Å². The largest absolute Gasteiger partial charge is 0.394 e. The zero-order valence-corrected chi connectivity index (χ0v) is 16.5. The summed E-state index contributed by atoms with van der Waals surface area (Å²) in [7, 11) is 0. The molecule has 5 heteroatoms. The second-order valence-electron chi connectivity index (χ2n) is 6.72. The fourth-order valence-electron chi connectivity index (χ4n) is 3.51. The molecule has 0 aliphatic heterocycles. The Hall–Kier alpha value is -2.79. The second kappa shape index (κ2) is 7.91. The minimum atomic E-state index is -4.33. The minimum Gasteiger partial charge on any atom is -0.251 e. The Labute approximate surface area is 171 Å². The molecular formula is C24H18F3NS. The highest BCUT2D eigenvalue weighted by Gasteiger charge is 2.30. The Morgan fingerprint density at radius 1 is 0.793 bits per heavy atom. The lowest BCUT2D eigenvalue weighted by Crippen LogP contribution is -2.14. The predicted octanol–water partition coefficient (Wildman–Crippen LogP) is 7.40. The summed E-state index contributed by atoms with van der Waals surface area (Å²) in [5.74, 6) is 0. The SMILES string of the molecule is CSc1ccc2c(CC(F)(F)F)nc(-c3ccccc3)c(-c3ccccc3)c2c1. The van der Waals surface area contributed by atoms with Gasteiger partial charge < -0.3 is 0 Å². The van der Waals surface area contributed by atoms with Gasteiger partial charge in [0.25, 0.3) is 0 Å². The molecule has 0 unspecified atom stereocenters. The standard InChI is InChI=1S/C24H18F3NS/c1-29-18-12-13-19-20(14-18)22(16-8-4-2-5-9-16)23(17-10-6-3-7-11-17)28-21(19)15-24(25,26)27/h2-14H,15H2,1H3. The van der Waals surface area contributed by atoms with Crippen molar-refractivity contribution in [2.24, 2.45) is 0 Å². The third-order valence-corrected chi connectivity index (χ3v) is 5.49. The molecule has 29 heavy (non-hydrogen) atoms. The van der Waals surface area contributed by atoms with Crippen LogP contribution in [-0.2, 0) is 6.42 Å². The molecule has 0 amide bonds. The molecule has 0 saturated heterocycles. The van der Waals surface area contributed by atoms with Crippen molar-refractivity contribution < 1.29 is 13.2 Å². The van der Waals surface area contributed by atoms with Crippen LogP contribution in [0.1, 0.15) is 5.69 Å². The van der Waals surface area contributed by atoms with Gasteiger partial charge in [-0.05, 0) is 29.3 Å². The summed E-state index contributed by atoms with van der Waals surface area (Å²) >= 11 is 1.57. The van der Waals surface area contributed by atoms with Crippen LogP contribution in [0, 0.1) is 0 Å². The molecule has 0 aliphatic carbocycles. The summed E-state index contributed by atoms with van der Waals surface area (Å²) in [5.41, 5.74) is 3.21. The lowest BCUT2D eigenvalue weighted by atomic mass is 9.92. The molecule has 1 aromatic heterocycles. The third kappa shape index (κ3) is 4.15. The minimum absolute atomic E-state index is 0.0543. The summed E-state index contributed by atoms with van der Waals surface area (Å²) in [6.45, 7) is 0. The van der Waals surface area contributed by atoms with Gasteiger partial charge in [0.05, 0.1) is 17.8 Å². The van der Waals surface area contributed by atoms with E-state index in [4.69, 9.17) is 0 Å². The van der Waals surface area contributed by atoms with Crippen LogP contribution in [0.4, 0.5) is 13.2 Å². The van der Waals surface area contributed by atoms with Gasteiger partial charge in [-0.3, -0.25) is 4.98 Å². The average Bonchev–Trinajstić information content (AvgIpc) is 2.73. The monoisotopic (exact) mass is 409 g/mol. The number of rotatable bonds is 4. The average molecular weight is 409 g/mol. The van der Waals surface area contributed by atoms with Crippen LogP contribution < -0.4 is 0 Å². The molecule has 4 aromatic rings. The van der Waals surface area contributed by atoms with E-state index in [1.165, 1.54) is 0 Å². The first-order chi connectivity index (χ1) is 14.0. The predicted molar refractivity (Wildman–Crippen MR) is 114 cm³/mol. The number of pyridine rings is 1. The number of thioether (sulfide) groups is 1. The van der Waals surface area contributed by atoms with Gasteiger partial charge in [-0.25, -0.2) is 0 Å². The Morgan fingerprint density at radius 2 is 1.41 bits per heavy atom. The zero-order valence-electron chi connectivity index (χ0n) is 15.7. The van der Waals surface area contributed by atoms with Gasteiger partial charge in [-0.2, -0.15) is 13.2 Å². The van der Waals surface area contributed by atoms with Crippen LogP contribution in [0.5, 0.6) is 0 Å². The Kier molecular flexibility index (Phi) is 5.33. The zero-order chi connectivity index (χ0) is 20.4. The lowest BCUT2D eigenvalue weighted by molar-refractivity contribution is -0.127. The number of benzene rings is 3. The summed E-state index contributed by atoms with van der Waals surface area (Å²) in [6.07, 6.45) is -3.43. The van der Waals surface area contributed by atoms with E-state index in [9.17, 15) is 13.2 Å². The molecule has 1 heterocycles. The molecule has 4 rings (SSSR count). The van der Waals surface area contributed by atoms with Crippen molar-refractivity contribution in [2.45, 2.75) is 17.5 Å². The molecular weight excluding hydrogens is 391 g/mol. The highest BCUT2D eigenvalue weighted by atomic mass is 32.2.